The van der Waals surface area contributed by atoms with E-state index in [1.54, 1.807) is 0 Å². The maximum Gasteiger partial charge on any atom is 0.348 e. The minimum absolute atomic E-state index is 0.0765. The Balaban J connectivity index is 3.24. The SMILES string of the molecule is CC(CCF)CCCC(=O)OF. The van der Waals surface area contributed by atoms with Gasteiger partial charge in [0.15, 0.2) is 0 Å². The molecule has 0 aliphatic heterocycles. The second-order valence-electron chi connectivity index (χ2n) is 2.92. The number of carbonyl (C=O) groups is 1. The Bertz CT molecular complexity index is 128. The smallest absolute Gasteiger partial charge is 0.255 e. The predicted octanol–water partition coefficient (Wildman–Crippen LogP) is 2.58. The van der Waals surface area contributed by atoms with Gasteiger partial charge in [-0.3, -0.25) is 9.33 Å². The minimum atomic E-state index is -0.845. The summed E-state index contributed by atoms with van der Waals surface area (Å²) >= 11 is 0. The molecule has 0 spiro atoms. The summed E-state index contributed by atoms with van der Waals surface area (Å²) in [6.45, 7) is 1.56. The zero-order valence-electron chi connectivity index (χ0n) is 7.19. The molecule has 0 radical (unpaired) electrons. The molecule has 0 saturated carbocycles. The van der Waals surface area contributed by atoms with E-state index >= 15 is 0 Å². The molecular weight excluding hydrogens is 166 g/mol. The van der Waals surface area contributed by atoms with Gasteiger partial charge in [-0.2, -0.15) is 0 Å². The lowest BCUT2D eigenvalue weighted by Gasteiger charge is -2.06. The van der Waals surface area contributed by atoms with Crippen LogP contribution in [-0.4, -0.2) is 12.6 Å². The highest BCUT2D eigenvalue weighted by Gasteiger charge is 2.05. The van der Waals surface area contributed by atoms with Crippen molar-refractivity contribution in [2.24, 2.45) is 5.92 Å². The summed E-state index contributed by atoms with van der Waals surface area (Å²) in [5.74, 6) is -0.593. The van der Waals surface area contributed by atoms with E-state index in [1.807, 2.05) is 6.92 Å². The van der Waals surface area contributed by atoms with Gasteiger partial charge >= 0.3 is 5.97 Å². The van der Waals surface area contributed by atoms with Crippen LogP contribution in [0.5, 0.6) is 0 Å². The van der Waals surface area contributed by atoms with Crippen LogP contribution in [0.1, 0.15) is 32.6 Å². The van der Waals surface area contributed by atoms with Crippen LogP contribution in [0.15, 0.2) is 0 Å². The van der Waals surface area contributed by atoms with Gasteiger partial charge in [0.25, 0.3) is 0 Å². The van der Waals surface area contributed by atoms with Crippen LogP contribution in [0.3, 0.4) is 0 Å². The molecule has 0 amide bonds. The van der Waals surface area contributed by atoms with Gasteiger partial charge in [-0.1, -0.05) is 13.3 Å². The van der Waals surface area contributed by atoms with Crippen LogP contribution in [0.25, 0.3) is 0 Å². The molecule has 72 valence electrons. The van der Waals surface area contributed by atoms with Gasteiger partial charge in [0.1, 0.15) is 0 Å². The number of rotatable bonds is 6. The quantitative estimate of drug-likeness (QED) is 0.628. The van der Waals surface area contributed by atoms with Gasteiger partial charge in [0.05, 0.1) is 6.67 Å². The Morgan fingerprint density at radius 3 is 2.67 bits per heavy atom. The lowest BCUT2D eigenvalue weighted by molar-refractivity contribution is -0.183. The zero-order chi connectivity index (χ0) is 9.40. The average Bonchev–Trinajstić information content (AvgIpc) is 2.04. The summed E-state index contributed by atoms with van der Waals surface area (Å²) in [5.41, 5.74) is 0. The fraction of sp³-hybridized carbons (Fsp3) is 0.875. The molecule has 2 nitrogen and oxygen atoms in total. The Kier molecular flexibility index (Phi) is 6.61. The number of carbonyl (C=O) groups excluding carboxylic acids is 1. The molecule has 0 aromatic rings. The molecule has 0 aliphatic rings. The van der Waals surface area contributed by atoms with Crippen LogP contribution >= 0.6 is 0 Å². The minimum Gasteiger partial charge on any atom is -0.255 e. The van der Waals surface area contributed by atoms with E-state index in [9.17, 15) is 13.7 Å². The maximum atomic E-state index is 11.7. The first kappa shape index (κ1) is 11.3. The molecule has 0 saturated heterocycles. The molecular formula is C8H14F2O2. The first-order valence-electron chi connectivity index (χ1n) is 4.08. The average molecular weight is 180 g/mol. The molecule has 0 N–H and O–H groups in total. The van der Waals surface area contributed by atoms with Gasteiger partial charge < -0.3 is 0 Å². The van der Waals surface area contributed by atoms with Crippen molar-refractivity contribution in [3.8, 4) is 0 Å². The Morgan fingerprint density at radius 1 is 1.50 bits per heavy atom. The van der Waals surface area contributed by atoms with Crippen molar-refractivity contribution in [1.29, 1.82) is 0 Å². The summed E-state index contributed by atoms with van der Waals surface area (Å²) in [6, 6.07) is 0. The van der Waals surface area contributed by atoms with E-state index in [0.717, 1.165) is 6.42 Å². The van der Waals surface area contributed by atoms with Gasteiger partial charge in [-0.05, 0) is 18.8 Å². The van der Waals surface area contributed by atoms with E-state index in [0.29, 0.717) is 12.8 Å². The van der Waals surface area contributed by atoms with Crippen LogP contribution in [0.2, 0.25) is 0 Å². The van der Waals surface area contributed by atoms with Crippen LogP contribution in [0.4, 0.5) is 8.92 Å². The monoisotopic (exact) mass is 180 g/mol. The third-order valence-corrected chi connectivity index (χ3v) is 1.77. The second kappa shape index (κ2) is 7.00. The lowest BCUT2D eigenvalue weighted by atomic mass is 10.0. The first-order valence-corrected chi connectivity index (χ1v) is 4.08. The summed E-state index contributed by atoms with van der Waals surface area (Å²) in [6.07, 6.45) is 1.88. The highest BCUT2D eigenvalue weighted by Crippen LogP contribution is 2.12. The molecule has 0 aromatic heterocycles. The van der Waals surface area contributed by atoms with E-state index < -0.39 is 5.97 Å². The van der Waals surface area contributed by atoms with E-state index in [2.05, 4.69) is 4.94 Å². The Labute approximate surface area is 70.8 Å². The summed E-state index contributed by atoms with van der Waals surface area (Å²) in [5, 5.41) is 0. The van der Waals surface area contributed by atoms with Crippen LogP contribution in [-0.2, 0) is 9.74 Å². The molecule has 1 atom stereocenters. The zero-order valence-corrected chi connectivity index (χ0v) is 7.19. The molecule has 0 bridgehead atoms. The molecule has 0 heterocycles. The highest BCUT2D eigenvalue weighted by atomic mass is 19.3. The van der Waals surface area contributed by atoms with Gasteiger partial charge in [0.2, 0.25) is 0 Å². The van der Waals surface area contributed by atoms with E-state index in [1.165, 1.54) is 0 Å². The molecule has 0 aromatic carbocycles. The van der Waals surface area contributed by atoms with Crippen LogP contribution < -0.4 is 0 Å². The predicted molar refractivity (Wildman–Crippen MR) is 40.8 cm³/mol. The fourth-order valence-electron chi connectivity index (χ4n) is 0.964. The van der Waals surface area contributed by atoms with Gasteiger partial charge in [0, 0.05) is 10.9 Å². The molecule has 0 rings (SSSR count). The topological polar surface area (TPSA) is 26.3 Å². The van der Waals surface area contributed by atoms with Crippen LogP contribution in [0, 0.1) is 5.92 Å². The van der Waals surface area contributed by atoms with Crippen molar-refractivity contribution in [3.63, 3.8) is 0 Å². The van der Waals surface area contributed by atoms with Crippen molar-refractivity contribution in [2.45, 2.75) is 32.6 Å². The van der Waals surface area contributed by atoms with E-state index in [4.69, 9.17) is 0 Å². The van der Waals surface area contributed by atoms with Gasteiger partial charge in [-0.15, -0.1) is 0 Å². The van der Waals surface area contributed by atoms with E-state index in [-0.39, 0.29) is 19.0 Å². The van der Waals surface area contributed by atoms with Gasteiger partial charge in [-0.25, -0.2) is 4.79 Å². The maximum absolute atomic E-state index is 11.7. The molecule has 1 unspecified atom stereocenters. The number of alkyl halides is 1. The van der Waals surface area contributed by atoms with Crippen molar-refractivity contribution in [3.05, 3.63) is 0 Å². The second-order valence-corrected chi connectivity index (χ2v) is 2.92. The summed E-state index contributed by atoms with van der Waals surface area (Å²) < 4.78 is 22.9. The summed E-state index contributed by atoms with van der Waals surface area (Å²) in [4.78, 5) is 13.3. The molecule has 4 heteroatoms. The third kappa shape index (κ3) is 6.07. The Morgan fingerprint density at radius 2 is 2.17 bits per heavy atom. The largest absolute Gasteiger partial charge is 0.348 e. The van der Waals surface area contributed by atoms with Crippen molar-refractivity contribution in [2.75, 3.05) is 6.67 Å². The fourth-order valence-corrected chi connectivity index (χ4v) is 0.964. The highest BCUT2D eigenvalue weighted by molar-refractivity contribution is 5.68. The van der Waals surface area contributed by atoms with Crippen molar-refractivity contribution in [1.82, 2.24) is 0 Å². The molecule has 12 heavy (non-hydrogen) atoms. The standard InChI is InChI=1S/C8H14F2O2/c1-7(5-6-9)3-2-4-8(11)12-10/h7H,2-6H2,1H3. The number of hydrogen-bond acceptors (Lipinski definition) is 2. The summed E-state index contributed by atoms with van der Waals surface area (Å²) in [7, 11) is 0. The Hall–Kier alpha value is -0.670. The normalized spacial score (nSPS) is 12.6. The lowest BCUT2D eigenvalue weighted by Crippen LogP contribution is -2.00. The first-order chi connectivity index (χ1) is 5.70. The van der Waals surface area contributed by atoms with Crippen molar-refractivity contribution >= 4 is 5.97 Å². The van der Waals surface area contributed by atoms with Crippen molar-refractivity contribution < 1.29 is 18.7 Å². The number of halogens is 2. The molecule has 0 fully saturated rings. The molecule has 0 aliphatic carbocycles. The number of hydrogen-bond donors (Lipinski definition) is 0. The third-order valence-electron chi connectivity index (χ3n) is 1.77.